The summed E-state index contributed by atoms with van der Waals surface area (Å²) in [6.07, 6.45) is 3.68. The van der Waals surface area contributed by atoms with Crippen molar-refractivity contribution in [3.63, 3.8) is 0 Å². The Morgan fingerprint density at radius 1 is 1.21 bits per heavy atom. The number of hydrogen-bond donors (Lipinski definition) is 1. The molecule has 1 fully saturated rings. The van der Waals surface area contributed by atoms with Gasteiger partial charge >= 0.3 is 0 Å². The van der Waals surface area contributed by atoms with Gasteiger partial charge in [-0.25, -0.2) is 0 Å². The van der Waals surface area contributed by atoms with Crippen molar-refractivity contribution in [1.29, 1.82) is 0 Å². The average molecular weight is 257 g/mol. The number of nitrogens with one attached hydrogen (secondary N) is 1. The second kappa shape index (κ2) is 4.68. The van der Waals surface area contributed by atoms with Crippen molar-refractivity contribution in [2.45, 2.75) is 59.5 Å². The topological polar surface area (TPSA) is 25.2 Å². The molecule has 0 aliphatic heterocycles. The fourth-order valence-electron chi connectivity index (χ4n) is 2.92. The van der Waals surface area contributed by atoms with Crippen LogP contribution >= 0.6 is 0 Å². The molecule has 2 heteroatoms. The summed E-state index contributed by atoms with van der Waals surface area (Å²) in [5.41, 5.74) is 6.44. The molecule has 3 rings (SSSR count). The van der Waals surface area contributed by atoms with E-state index < -0.39 is 0 Å². The maximum Gasteiger partial charge on any atom is 0.138 e. The van der Waals surface area contributed by atoms with E-state index in [4.69, 9.17) is 4.42 Å². The molecular weight excluding hydrogens is 234 g/mol. The van der Waals surface area contributed by atoms with Gasteiger partial charge in [0, 0.05) is 17.0 Å². The van der Waals surface area contributed by atoms with E-state index >= 15 is 0 Å². The summed E-state index contributed by atoms with van der Waals surface area (Å²) in [4.78, 5) is 0. The number of fused-ring (bicyclic) bond motifs is 1. The van der Waals surface area contributed by atoms with Gasteiger partial charge in [0.05, 0.1) is 6.54 Å². The van der Waals surface area contributed by atoms with E-state index in [1.165, 1.54) is 40.5 Å². The molecule has 1 aliphatic carbocycles. The molecule has 1 aliphatic rings. The average Bonchev–Trinajstić information content (AvgIpc) is 3.13. The van der Waals surface area contributed by atoms with Crippen molar-refractivity contribution in [2.75, 3.05) is 0 Å². The number of furan rings is 1. The summed E-state index contributed by atoms with van der Waals surface area (Å²) in [6, 6.07) is 3.01. The normalized spacial score (nSPS) is 15.4. The molecule has 0 unspecified atom stereocenters. The van der Waals surface area contributed by atoms with E-state index in [1.807, 2.05) is 0 Å². The lowest BCUT2D eigenvalue weighted by atomic mass is 9.98. The third kappa shape index (κ3) is 2.18. The van der Waals surface area contributed by atoms with Gasteiger partial charge < -0.3 is 9.73 Å². The zero-order chi connectivity index (χ0) is 13.6. The highest BCUT2D eigenvalue weighted by atomic mass is 16.3. The number of hydrogen-bond acceptors (Lipinski definition) is 2. The molecule has 102 valence electrons. The third-order valence-corrected chi connectivity index (χ3v) is 4.33. The van der Waals surface area contributed by atoms with Gasteiger partial charge in [-0.15, -0.1) is 0 Å². The van der Waals surface area contributed by atoms with Crippen molar-refractivity contribution >= 4 is 11.0 Å². The van der Waals surface area contributed by atoms with Crippen LogP contribution in [0.25, 0.3) is 11.0 Å². The summed E-state index contributed by atoms with van der Waals surface area (Å²) in [7, 11) is 0. The second-order valence-corrected chi connectivity index (χ2v) is 5.85. The van der Waals surface area contributed by atoms with Crippen LogP contribution in [0.2, 0.25) is 0 Å². The predicted octanol–water partition coefficient (Wildman–Crippen LogP) is 4.17. The van der Waals surface area contributed by atoms with E-state index in [0.717, 1.165) is 30.4 Å². The van der Waals surface area contributed by atoms with Crippen molar-refractivity contribution in [1.82, 2.24) is 5.32 Å². The minimum atomic E-state index is 0.724. The van der Waals surface area contributed by atoms with Crippen LogP contribution in [0.3, 0.4) is 0 Å². The lowest BCUT2D eigenvalue weighted by molar-refractivity contribution is 0.505. The number of aryl methyl sites for hydroxylation is 4. The Kier molecular flexibility index (Phi) is 3.14. The summed E-state index contributed by atoms with van der Waals surface area (Å²) < 4.78 is 6.20. The SMILES string of the molecule is CCc1c(CNC2CC2)oc2c(C)c(C)cc(C)c12. The van der Waals surface area contributed by atoms with Crippen molar-refractivity contribution in [3.05, 3.63) is 34.1 Å². The van der Waals surface area contributed by atoms with Gasteiger partial charge in [0.15, 0.2) is 0 Å². The largest absolute Gasteiger partial charge is 0.459 e. The summed E-state index contributed by atoms with van der Waals surface area (Å²) in [6.45, 7) is 9.62. The number of benzene rings is 1. The van der Waals surface area contributed by atoms with Crippen LogP contribution in [0, 0.1) is 20.8 Å². The van der Waals surface area contributed by atoms with Crippen molar-refractivity contribution in [3.8, 4) is 0 Å². The fraction of sp³-hybridized carbons (Fsp3) is 0.529. The summed E-state index contributed by atoms with van der Waals surface area (Å²) in [5.74, 6) is 1.14. The molecule has 0 spiro atoms. The van der Waals surface area contributed by atoms with Gasteiger partial charge in [-0.3, -0.25) is 0 Å². The lowest BCUT2D eigenvalue weighted by Crippen LogP contribution is -2.15. The van der Waals surface area contributed by atoms with Crippen LogP contribution in [-0.4, -0.2) is 6.04 Å². The van der Waals surface area contributed by atoms with E-state index in [-0.39, 0.29) is 0 Å². The smallest absolute Gasteiger partial charge is 0.138 e. The standard InChI is InChI=1S/C17H23NO/c1-5-14-15(9-18-13-6-7-13)19-17-12(4)10(2)8-11(3)16(14)17/h8,13,18H,5-7,9H2,1-4H3. The molecule has 1 aromatic carbocycles. The van der Waals surface area contributed by atoms with E-state index in [2.05, 4.69) is 39.1 Å². The summed E-state index contributed by atoms with van der Waals surface area (Å²) >= 11 is 0. The molecule has 1 heterocycles. The Balaban J connectivity index is 2.11. The van der Waals surface area contributed by atoms with Crippen LogP contribution in [-0.2, 0) is 13.0 Å². The first-order chi connectivity index (χ1) is 9.11. The molecule has 2 aromatic rings. The molecule has 1 saturated carbocycles. The van der Waals surface area contributed by atoms with Gasteiger partial charge in [-0.1, -0.05) is 13.0 Å². The highest BCUT2D eigenvalue weighted by Crippen LogP contribution is 2.33. The minimum absolute atomic E-state index is 0.724. The van der Waals surface area contributed by atoms with Crippen LogP contribution in [0.15, 0.2) is 10.5 Å². The molecule has 0 amide bonds. The molecule has 0 bridgehead atoms. The first-order valence-corrected chi connectivity index (χ1v) is 7.36. The van der Waals surface area contributed by atoms with Crippen molar-refractivity contribution < 1.29 is 4.42 Å². The molecule has 2 nitrogen and oxygen atoms in total. The summed E-state index contributed by atoms with van der Waals surface area (Å²) in [5, 5.41) is 4.91. The first kappa shape index (κ1) is 12.7. The Morgan fingerprint density at radius 2 is 1.95 bits per heavy atom. The molecular formula is C17H23NO. The first-order valence-electron chi connectivity index (χ1n) is 7.36. The second-order valence-electron chi connectivity index (χ2n) is 5.85. The molecule has 0 radical (unpaired) electrons. The maximum atomic E-state index is 6.20. The monoisotopic (exact) mass is 257 g/mol. The van der Waals surface area contributed by atoms with Crippen LogP contribution in [0.5, 0.6) is 0 Å². The Bertz CT molecular complexity index is 620. The lowest BCUT2D eigenvalue weighted by Gasteiger charge is -2.05. The van der Waals surface area contributed by atoms with Gasteiger partial charge in [0.1, 0.15) is 11.3 Å². The third-order valence-electron chi connectivity index (χ3n) is 4.33. The fourth-order valence-corrected chi connectivity index (χ4v) is 2.92. The zero-order valence-corrected chi connectivity index (χ0v) is 12.4. The van der Waals surface area contributed by atoms with Gasteiger partial charge in [-0.2, -0.15) is 0 Å². The Morgan fingerprint density at radius 3 is 2.58 bits per heavy atom. The van der Waals surface area contributed by atoms with Gasteiger partial charge in [-0.05, 0) is 56.7 Å². The molecule has 0 saturated heterocycles. The Labute approximate surface area is 115 Å². The van der Waals surface area contributed by atoms with E-state index in [1.54, 1.807) is 0 Å². The zero-order valence-electron chi connectivity index (χ0n) is 12.4. The molecule has 0 atom stereocenters. The van der Waals surface area contributed by atoms with E-state index in [9.17, 15) is 0 Å². The molecule has 1 N–H and O–H groups in total. The predicted molar refractivity (Wildman–Crippen MR) is 79.7 cm³/mol. The molecule has 1 aromatic heterocycles. The van der Waals surface area contributed by atoms with Crippen LogP contribution in [0.1, 0.15) is 47.8 Å². The van der Waals surface area contributed by atoms with Crippen LogP contribution < -0.4 is 5.32 Å². The van der Waals surface area contributed by atoms with Crippen LogP contribution in [0.4, 0.5) is 0 Å². The maximum absolute atomic E-state index is 6.20. The van der Waals surface area contributed by atoms with E-state index in [0.29, 0.717) is 0 Å². The quantitative estimate of drug-likeness (QED) is 0.889. The minimum Gasteiger partial charge on any atom is -0.459 e. The van der Waals surface area contributed by atoms with Crippen molar-refractivity contribution in [2.24, 2.45) is 0 Å². The molecule has 19 heavy (non-hydrogen) atoms. The van der Waals surface area contributed by atoms with Gasteiger partial charge in [0.25, 0.3) is 0 Å². The number of rotatable bonds is 4. The Hall–Kier alpha value is -1.28. The highest BCUT2D eigenvalue weighted by molar-refractivity contribution is 5.89. The highest BCUT2D eigenvalue weighted by Gasteiger charge is 2.23. The van der Waals surface area contributed by atoms with Gasteiger partial charge in [0.2, 0.25) is 0 Å².